The summed E-state index contributed by atoms with van der Waals surface area (Å²) < 4.78 is 2.05. The van der Waals surface area contributed by atoms with Gasteiger partial charge in [-0.2, -0.15) is 5.10 Å². The van der Waals surface area contributed by atoms with Crippen molar-refractivity contribution in [2.24, 2.45) is 10.9 Å². The van der Waals surface area contributed by atoms with Crippen LogP contribution in [-0.2, 0) is 11.3 Å². The standard InChI is InChI=1S/C21H36N6O.HI/c1-16-14-17(2)27(25-16)12-7-11-23-21(22-3)24-19-10-13-26(15-19)20(28)18-8-5-4-6-9-18;/h14,18-19H,4-13,15H2,1-3H3,(H2,22,23,24);1H. The number of rotatable bonds is 6. The molecular formula is C21H37IN6O. The lowest BCUT2D eigenvalue weighted by atomic mass is 9.88. The average molecular weight is 516 g/mol. The Morgan fingerprint density at radius 1 is 1.24 bits per heavy atom. The number of amides is 1. The van der Waals surface area contributed by atoms with Crippen LogP contribution in [0.25, 0.3) is 0 Å². The molecule has 0 spiro atoms. The highest BCUT2D eigenvalue weighted by molar-refractivity contribution is 14.0. The third kappa shape index (κ3) is 6.86. The van der Waals surface area contributed by atoms with Gasteiger partial charge in [-0.3, -0.25) is 14.5 Å². The number of hydrogen-bond donors (Lipinski definition) is 2. The first kappa shape index (κ1) is 24.0. The van der Waals surface area contributed by atoms with E-state index in [0.29, 0.717) is 5.91 Å². The molecule has 0 aromatic carbocycles. The number of hydrogen-bond acceptors (Lipinski definition) is 3. The molecule has 1 aromatic rings. The van der Waals surface area contributed by atoms with Crippen molar-refractivity contribution in [2.75, 3.05) is 26.7 Å². The van der Waals surface area contributed by atoms with E-state index < -0.39 is 0 Å². The molecule has 2 aliphatic rings. The zero-order valence-electron chi connectivity index (χ0n) is 18.1. The molecule has 164 valence electrons. The molecule has 0 radical (unpaired) electrons. The van der Waals surface area contributed by atoms with Crippen molar-refractivity contribution < 1.29 is 4.79 Å². The summed E-state index contributed by atoms with van der Waals surface area (Å²) in [6.45, 7) is 7.52. The number of nitrogens with zero attached hydrogens (tertiary/aromatic N) is 4. The zero-order chi connectivity index (χ0) is 19.9. The van der Waals surface area contributed by atoms with Crippen molar-refractivity contribution in [3.63, 3.8) is 0 Å². The molecule has 1 saturated carbocycles. The lowest BCUT2D eigenvalue weighted by molar-refractivity contribution is -0.135. The fourth-order valence-corrected chi connectivity index (χ4v) is 4.41. The van der Waals surface area contributed by atoms with Gasteiger partial charge in [0.15, 0.2) is 5.96 Å². The van der Waals surface area contributed by atoms with Gasteiger partial charge >= 0.3 is 0 Å². The van der Waals surface area contributed by atoms with E-state index in [1.165, 1.54) is 25.0 Å². The number of carbonyl (C=O) groups is 1. The number of aliphatic imine (C=N–C) groups is 1. The Labute approximate surface area is 192 Å². The maximum Gasteiger partial charge on any atom is 0.225 e. The largest absolute Gasteiger partial charge is 0.356 e. The predicted molar refractivity (Wildman–Crippen MR) is 128 cm³/mol. The van der Waals surface area contributed by atoms with Gasteiger partial charge in [0.05, 0.1) is 5.69 Å². The van der Waals surface area contributed by atoms with Gasteiger partial charge in [-0.1, -0.05) is 19.3 Å². The lowest BCUT2D eigenvalue weighted by Gasteiger charge is -2.26. The highest BCUT2D eigenvalue weighted by Crippen LogP contribution is 2.26. The van der Waals surface area contributed by atoms with Crippen molar-refractivity contribution in [1.82, 2.24) is 25.3 Å². The van der Waals surface area contributed by atoms with E-state index in [0.717, 1.165) is 63.5 Å². The van der Waals surface area contributed by atoms with Crippen molar-refractivity contribution in [1.29, 1.82) is 0 Å². The number of nitrogens with one attached hydrogen (secondary N) is 2. The summed E-state index contributed by atoms with van der Waals surface area (Å²) in [5, 5.41) is 11.4. The number of guanidine groups is 1. The van der Waals surface area contributed by atoms with Crippen LogP contribution in [0.2, 0.25) is 0 Å². The van der Waals surface area contributed by atoms with E-state index >= 15 is 0 Å². The topological polar surface area (TPSA) is 74.6 Å². The molecule has 1 aliphatic carbocycles. The van der Waals surface area contributed by atoms with E-state index in [2.05, 4.69) is 43.3 Å². The fourth-order valence-electron chi connectivity index (χ4n) is 4.41. The molecule has 2 heterocycles. The fraction of sp³-hybridized carbons (Fsp3) is 0.762. The van der Waals surface area contributed by atoms with Gasteiger partial charge in [0.25, 0.3) is 0 Å². The van der Waals surface area contributed by atoms with Gasteiger partial charge in [0.2, 0.25) is 5.91 Å². The van der Waals surface area contributed by atoms with Crippen LogP contribution in [0, 0.1) is 19.8 Å². The van der Waals surface area contributed by atoms with Crippen LogP contribution in [0.15, 0.2) is 11.1 Å². The molecule has 2 fully saturated rings. The minimum absolute atomic E-state index is 0. The molecule has 1 unspecified atom stereocenters. The summed E-state index contributed by atoms with van der Waals surface area (Å²) in [4.78, 5) is 19.1. The second-order valence-corrected chi connectivity index (χ2v) is 8.25. The van der Waals surface area contributed by atoms with Gasteiger partial charge in [0, 0.05) is 50.9 Å². The normalized spacial score (nSPS) is 20.4. The maximum absolute atomic E-state index is 12.7. The van der Waals surface area contributed by atoms with Crippen molar-refractivity contribution in [2.45, 2.75) is 71.4 Å². The number of aromatic nitrogens is 2. The van der Waals surface area contributed by atoms with Crippen LogP contribution in [0.1, 0.15) is 56.3 Å². The first-order valence-electron chi connectivity index (χ1n) is 10.8. The Bertz CT molecular complexity index is 683. The molecule has 8 heteroatoms. The highest BCUT2D eigenvalue weighted by atomic mass is 127. The molecule has 7 nitrogen and oxygen atoms in total. The first-order valence-corrected chi connectivity index (χ1v) is 10.8. The summed E-state index contributed by atoms with van der Waals surface area (Å²) in [5.41, 5.74) is 2.27. The molecule has 29 heavy (non-hydrogen) atoms. The molecule has 2 N–H and O–H groups in total. The van der Waals surface area contributed by atoms with E-state index in [1.807, 2.05) is 6.92 Å². The third-order valence-electron chi connectivity index (χ3n) is 5.96. The van der Waals surface area contributed by atoms with Gasteiger partial charge < -0.3 is 15.5 Å². The number of aryl methyl sites for hydroxylation is 3. The molecule has 1 aliphatic heterocycles. The van der Waals surface area contributed by atoms with E-state index in [1.54, 1.807) is 7.05 Å². The first-order chi connectivity index (χ1) is 13.6. The Morgan fingerprint density at radius 3 is 2.66 bits per heavy atom. The average Bonchev–Trinajstić information content (AvgIpc) is 3.30. The monoisotopic (exact) mass is 516 g/mol. The van der Waals surface area contributed by atoms with Crippen LogP contribution in [0.4, 0.5) is 0 Å². The summed E-state index contributed by atoms with van der Waals surface area (Å²) in [6, 6.07) is 2.39. The summed E-state index contributed by atoms with van der Waals surface area (Å²) >= 11 is 0. The Balaban J connectivity index is 0.00000300. The van der Waals surface area contributed by atoms with E-state index in [-0.39, 0.29) is 35.9 Å². The van der Waals surface area contributed by atoms with Crippen molar-refractivity contribution >= 4 is 35.8 Å². The smallest absolute Gasteiger partial charge is 0.225 e. The van der Waals surface area contributed by atoms with Crippen LogP contribution < -0.4 is 10.6 Å². The predicted octanol–water partition coefficient (Wildman–Crippen LogP) is 2.85. The molecule has 0 bridgehead atoms. The minimum Gasteiger partial charge on any atom is -0.356 e. The number of likely N-dealkylation sites (tertiary alicyclic amines) is 1. The molecule has 3 rings (SSSR count). The van der Waals surface area contributed by atoms with Crippen LogP contribution >= 0.6 is 24.0 Å². The number of halogens is 1. The second kappa shape index (κ2) is 11.8. The van der Waals surface area contributed by atoms with Gasteiger partial charge in [-0.15, -0.1) is 24.0 Å². The summed E-state index contributed by atoms with van der Waals surface area (Å²) in [7, 11) is 1.80. The minimum atomic E-state index is 0. The Kier molecular flexibility index (Phi) is 9.71. The van der Waals surface area contributed by atoms with Gasteiger partial charge in [0.1, 0.15) is 0 Å². The lowest BCUT2D eigenvalue weighted by Crippen LogP contribution is -2.45. The second-order valence-electron chi connectivity index (χ2n) is 8.25. The molecular weight excluding hydrogens is 479 g/mol. The maximum atomic E-state index is 12.7. The van der Waals surface area contributed by atoms with Gasteiger partial charge in [-0.25, -0.2) is 0 Å². The number of carbonyl (C=O) groups excluding carboxylic acids is 1. The molecule has 1 amide bonds. The summed E-state index contributed by atoms with van der Waals surface area (Å²) in [6.07, 6.45) is 7.83. The van der Waals surface area contributed by atoms with Gasteiger partial charge in [-0.05, 0) is 45.6 Å². The molecule has 1 atom stereocenters. The molecule has 1 aromatic heterocycles. The SMILES string of the molecule is CN=C(NCCCn1nc(C)cc1C)NC1CCN(C(=O)C2CCCCC2)C1.I. The quantitative estimate of drug-likeness (QED) is 0.264. The van der Waals surface area contributed by atoms with Crippen molar-refractivity contribution in [3.8, 4) is 0 Å². The van der Waals surface area contributed by atoms with E-state index in [4.69, 9.17) is 0 Å². The highest BCUT2D eigenvalue weighted by Gasteiger charge is 2.31. The van der Waals surface area contributed by atoms with Crippen LogP contribution in [0.5, 0.6) is 0 Å². The van der Waals surface area contributed by atoms with E-state index in [9.17, 15) is 4.79 Å². The summed E-state index contributed by atoms with van der Waals surface area (Å²) in [5.74, 6) is 1.46. The molecule has 1 saturated heterocycles. The zero-order valence-corrected chi connectivity index (χ0v) is 20.4. The van der Waals surface area contributed by atoms with Crippen LogP contribution in [-0.4, -0.2) is 59.3 Å². The third-order valence-corrected chi connectivity index (χ3v) is 5.96. The van der Waals surface area contributed by atoms with Crippen molar-refractivity contribution in [3.05, 3.63) is 17.5 Å². The van der Waals surface area contributed by atoms with Crippen LogP contribution in [0.3, 0.4) is 0 Å². The Hall–Kier alpha value is -1.32. The Morgan fingerprint density at radius 2 is 2.00 bits per heavy atom.